The van der Waals surface area contributed by atoms with Gasteiger partial charge in [0.15, 0.2) is 0 Å². The molecule has 4 rings (SSSR count). The van der Waals surface area contributed by atoms with Crippen LogP contribution in [0.15, 0.2) is 50.5 Å². The summed E-state index contributed by atoms with van der Waals surface area (Å²) in [6.07, 6.45) is 2.43. The first-order chi connectivity index (χ1) is 14.7. The van der Waals surface area contributed by atoms with Crippen LogP contribution in [0.4, 0.5) is 0 Å². The van der Waals surface area contributed by atoms with Crippen molar-refractivity contribution < 1.29 is 22.4 Å². The van der Waals surface area contributed by atoms with Gasteiger partial charge in [0, 0.05) is 16.5 Å². The van der Waals surface area contributed by atoms with E-state index in [0.29, 0.717) is 17.6 Å². The molecule has 162 valence electrons. The molecule has 0 fully saturated rings. The summed E-state index contributed by atoms with van der Waals surface area (Å²) >= 11 is 0. The van der Waals surface area contributed by atoms with Gasteiger partial charge in [-0.2, -0.15) is 4.72 Å². The van der Waals surface area contributed by atoms with Gasteiger partial charge in [-0.3, -0.25) is 0 Å². The highest BCUT2D eigenvalue weighted by Crippen LogP contribution is 2.33. The van der Waals surface area contributed by atoms with Crippen LogP contribution in [0.25, 0.3) is 11.0 Å². The standard InChI is InChI=1S/C23H23NO6S/c1-13-7-9-16(10-8-13)31(27,28)24-15(3)22(25)29-20-12-11-18-17-5-4-6-19(17)23(26)30-21(18)14(20)2/h7-12,15,24H,4-6H2,1-3H3/t15-/m0/s1. The molecule has 1 N–H and O–H groups in total. The first kappa shape index (κ1) is 21.3. The van der Waals surface area contributed by atoms with Crippen LogP contribution in [0.3, 0.4) is 0 Å². The lowest BCUT2D eigenvalue weighted by atomic mass is 10.0. The maximum Gasteiger partial charge on any atom is 0.339 e. The molecule has 0 bridgehead atoms. The second-order valence-corrected chi connectivity index (χ2v) is 9.56. The number of esters is 1. The summed E-state index contributed by atoms with van der Waals surface area (Å²) in [5.74, 6) is -0.540. The zero-order valence-corrected chi connectivity index (χ0v) is 18.3. The monoisotopic (exact) mass is 441 g/mol. The minimum Gasteiger partial charge on any atom is -0.425 e. The minimum absolute atomic E-state index is 0.0651. The molecule has 0 radical (unpaired) electrons. The highest BCUT2D eigenvalue weighted by molar-refractivity contribution is 7.89. The number of carbonyl (C=O) groups excluding carboxylic acids is 1. The summed E-state index contributed by atoms with van der Waals surface area (Å²) in [6.45, 7) is 4.97. The molecule has 1 heterocycles. The van der Waals surface area contributed by atoms with Crippen LogP contribution >= 0.6 is 0 Å². The summed E-state index contributed by atoms with van der Waals surface area (Å²) in [7, 11) is -3.88. The fraction of sp³-hybridized carbons (Fsp3) is 0.304. The van der Waals surface area contributed by atoms with Gasteiger partial charge in [-0.05, 0) is 69.9 Å². The van der Waals surface area contributed by atoms with Crippen molar-refractivity contribution >= 4 is 27.0 Å². The number of sulfonamides is 1. The number of nitrogens with one attached hydrogen (secondary N) is 1. The first-order valence-electron chi connectivity index (χ1n) is 10.1. The molecule has 1 atom stereocenters. The maximum atomic E-state index is 12.6. The summed E-state index contributed by atoms with van der Waals surface area (Å²) in [6, 6.07) is 8.62. The molecule has 0 saturated heterocycles. The van der Waals surface area contributed by atoms with Crippen molar-refractivity contribution in [2.24, 2.45) is 0 Å². The third-order valence-electron chi connectivity index (χ3n) is 5.57. The first-order valence-corrected chi connectivity index (χ1v) is 11.5. The van der Waals surface area contributed by atoms with Crippen LogP contribution in [-0.4, -0.2) is 20.4 Å². The molecule has 3 aromatic rings. The number of fused-ring (bicyclic) bond motifs is 3. The summed E-state index contributed by atoms with van der Waals surface area (Å²) in [5, 5.41) is 0.845. The normalized spacial score (nSPS) is 14.4. The van der Waals surface area contributed by atoms with Crippen molar-refractivity contribution in [2.45, 2.75) is 51.0 Å². The topological polar surface area (TPSA) is 103 Å². The second-order valence-electron chi connectivity index (χ2n) is 7.84. The largest absolute Gasteiger partial charge is 0.425 e. The number of hydrogen-bond donors (Lipinski definition) is 1. The van der Waals surface area contributed by atoms with Gasteiger partial charge >= 0.3 is 11.6 Å². The van der Waals surface area contributed by atoms with E-state index in [1.807, 2.05) is 6.92 Å². The molecular formula is C23H23NO6S. The van der Waals surface area contributed by atoms with E-state index in [4.69, 9.17) is 9.15 Å². The molecule has 0 aliphatic heterocycles. The molecule has 2 aromatic carbocycles. The Morgan fingerprint density at radius 2 is 1.74 bits per heavy atom. The zero-order chi connectivity index (χ0) is 22.3. The van der Waals surface area contributed by atoms with Gasteiger partial charge in [-0.25, -0.2) is 18.0 Å². The van der Waals surface area contributed by atoms with E-state index in [2.05, 4.69) is 4.72 Å². The molecule has 1 aliphatic rings. The highest BCUT2D eigenvalue weighted by Gasteiger charge is 2.25. The highest BCUT2D eigenvalue weighted by atomic mass is 32.2. The van der Waals surface area contributed by atoms with E-state index in [-0.39, 0.29) is 16.3 Å². The van der Waals surface area contributed by atoms with Crippen molar-refractivity contribution in [3.8, 4) is 5.75 Å². The van der Waals surface area contributed by atoms with Gasteiger partial charge < -0.3 is 9.15 Å². The molecule has 7 nitrogen and oxygen atoms in total. The third-order valence-corrected chi connectivity index (χ3v) is 7.12. The van der Waals surface area contributed by atoms with Crippen molar-refractivity contribution in [3.63, 3.8) is 0 Å². The molecule has 8 heteroatoms. The molecule has 0 amide bonds. The van der Waals surface area contributed by atoms with Crippen LogP contribution in [0, 0.1) is 13.8 Å². The Balaban J connectivity index is 1.57. The lowest BCUT2D eigenvalue weighted by Gasteiger charge is -2.15. The molecule has 31 heavy (non-hydrogen) atoms. The van der Waals surface area contributed by atoms with Crippen molar-refractivity contribution in [2.75, 3.05) is 0 Å². The Morgan fingerprint density at radius 1 is 1.06 bits per heavy atom. The number of ether oxygens (including phenoxy) is 1. The number of hydrogen-bond acceptors (Lipinski definition) is 6. The molecular weight excluding hydrogens is 418 g/mol. The summed E-state index contributed by atoms with van der Waals surface area (Å²) < 4.78 is 38.4. The average molecular weight is 442 g/mol. The SMILES string of the molecule is Cc1ccc(S(=O)(=O)N[C@@H](C)C(=O)Oc2ccc3c4c(c(=O)oc3c2C)CCC4)cc1. The smallest absolute Gasteiger partial charge is 0.339 e. The van der Waals surface area contributed by atoms with Gasteiger partial charge in [0.2, 0.25) is 10.0 Å². The van der Waals surface area contributed by atoms with Crippen molar-refractivity contribution in [1.82, 2.24) is 4.72 Å². The fourth-order valence-electron chi connectivity index (χ4n) is 3.84. The van der Waals surface area contributed by atoms with Crippen molar-refractivity contribution in [3.05, 3.63) is 69.1 Å². The molecule has 1 aliphatic carbocycles. The van der Waals surface area contributed by atoms with Crippen LogP contribution in [0.5, 0.6) is 5.75 Å². The van der Waals surface area contributed by atoms with Gasteiger partial charge in [0.1, 0.15) is 17.4 Å². The average Bonchev–Trinajstić information content (AvgIpc) is 3.21. The van der Waals surface area contributed by atoms with Crippen LogP contribution in [-0.2, 0) is 27.7 Å². The minimum atomic E-state index is -3.88. The van der Waals surface area contributed by atoms with Crippen molar-refractivity contribution in [1.29, 1.82) is 0 Å². The van der Waals surface area contributed by atoms with Crippen LogP contribution in [0.2, 0.25) is 0 Å². The van der Waals surface area contributed by atoms with Gasteiger partial charge in [-0.15, -0.1) is 0 Å². The van der Waals surface area contributed by atoms with E-state index in [0.717, 1.165) is 34.9 Å². The van der Waals surface area contributed by atoms with Gasteiger partial charge in [0.05, 0.1) is 4.90 Å². The number of aryl methyl sites for hydroxylation is 3. The molecule has 0 saturated carbocycles. The van der Waals surface area contributed by atoms with E-state index in [9.17, 15) is 18.0 Å². The Kier molecular flexibility index (Phi) is 5.45. The quantitative estimate of drug-likeness (QED) is 0.371. The Hall–Kier alpha value is -2.97. The van der Waals surface area contributed by atoms with E-state index < -0.39 is 22.0 Å². The summed E-state index contributed by atoms with van der Waals surface area (Å²) in [5.41, 5.74) is 3.19. The zero-order valence-electron chi connectivity index (χ0n) is 17.5. The fourth-order valence-corrected chi connectivity index (χ4v) is 5.03. The van der Waals surface area contributed by atoms with Crippen LogP contribution < -0.4 is 15.1 Å². The summed E-state index contributed by atoms with van der Waals surface area (Å²) in [4.78, 5) is 24.9. The molecule has 1 aromatic heterocycles. The Bertz CT molecular complexity index is 1340. The number of rotatable bonds is 5. The van der Waals surface area contributed by atoms with E-state index >= 15 is 0 Å². The Labute approximate surface area is 180 Å². The van der Waals surface area contributed by atoms with Gasteiger partial charge in [-0.1, -0.05) is 17.7 Å². The second kappa shape index (κ2) is 7.94. The third kappa shape index (κ3) is 4.00. The predicted molar refractivity (Wildman–Crippen MR) is 116 cm³/mol. The van der Waals surface area contributed by atoms with E-state index in [1.165, 1.54) is 19.1 Å². The molecule has 0 spiro atoms. The maximum absolute atomic E-state index is 12.6. The van der Waals surface area contributed by atoms with Gasteiger partial charge in [0.25, 0.3) is 0 Å². The van der Waals surface area contributed by atoms with E-state index in [1.54, 1.807) is 31.2 Å². The number of carbonyl (C=O) groups is 1. The lowest BCUT2D eigenvalue weighted by Crippen LogP contribution is -2.40. The predicted octanol–water partition coefficient (Wildman–Crippen LogP) is 3.17. The number of benzene rings is 2. The Morgan fingerprint density at radius 3 is 2.45 bits per heavy atom. The lowest BCUT2D eigenvalue weighted by molar-refractivity contribution is -0.135. The molecule has 0 unspecified atom stereocenters. The van der Waals surface area contributed by atoms with Crippen LogP contribution in [0.1, 0.15) is 35.6 Å².